The quantitative estimate of drug-likeness (QED) is 0.698. The van der Waals surface area contributed by atoms with Gasteiger partial charge in [-0.15, -0.1) is 0 Å². The summed E-state index contributed by atoms with van der Waals surface area (Å²) in [6.45, 7) is 5.62. The lowest BCUT2D eigenvalue weighted by Gasteiger charge is -2.14. The normalized spacial score (nSPS) is 11.4. The zero-order chi connectivity index (χ0) is 19.8. The lowest BCUT2D eigenvalue weighted by molar-refractivity contribution is -0.128. The molecule has 2 rings (SSSR count). The van der Waals surface area contributed by atoms with Gasteiger partial charge < -0.3 is 16.0 Å². The summed E-state index contributed by atoms with van der Waals surface area (Å²) >= 11 is 0. The summed E-state index contributed by atoms with van der Waals surface area (Å²) in [4.78, 5) is 36.2. The van der Waals surface area contributed by atoms with E-state index in [0.717, 1.165) is 16.7 Å². The van der Waals surface area contributed by atoms with E-state index in [-0.39, 0.29) is 18.4 Å². The fraction of sp³-hybridized carbons (Fsp3) is 0.286. The lowest BCUT2D eigenvalue weighted by Crippen LogP contribution is -2.47. The molecule has 6 nitrogen and oxygen atoms in total. The Kier molecular flexibility index (Phi) is 7.11. The molecule has 0 aliphatic carbocycles. The SMILES string of the molecule is Cc1cc(C)cc(C(=O)NCC(=O)NC(C)C(=O)NCc2ccccc2)c1. The number of hydrogen-bond donors (Lipinski definition) is 3. The van der Waals surface area contributed by atoms with Crippen molar-refractivity contribution in [3.8, 4) is 0 Å². The van der Waals surface area contributed by atoms with Crippen LogP contribution >= 0.6 is 0 Å². The molecule has 0 aromatic heterocycles. The maximum absolute atomic E-state index is 12.2. The number of aryl methyl sites for hydroxylation is 2. The number of hydrogen-bond acceptors (Lipinski definition) is 3. The Labute approximate surface area is 159 Å². The predicted octanol–water partition coefficient (Wildman–Crippen LogP) is 1.85. The van der Waals surface area contributed by atoms with Crippen LogP contribution < -0.4 is 16.0 Å². The summed E-state index contributed by atoms with van der Waals surface area (Å²) in [5.74, 6) is -1.03. The molecule has 0 bridgehead atoms. The Morgan fingerprint density at radius 3 is 2.19 bits per heavy atom. The van der Waals surface area contributed by atoms with Gasteiger partial charge in [-0.3, -0.25) is 14.4 Å². The molecular formula is C21H25N3O3. The number of rotatable bonds is 7. The Bertz CT molecular complexity index is 798. The zero-order valence-corrected chi connectivity index (χ0v) is 15.8. The summed E-state index contributed by atoms with van der Waals surface area (Å²) in [5, 5.41) is 7.92. The first-order valence-corrected chi connectivity index (χ1v) is 8.82. The van der Waals surface area contributed by atoms with E-state index in [2.05, 4.69) is 16.0 Å². The second-order valence-electron chi connectivity index (χ2n) is 6.55. The summed E-state index contributed by atoms with van der Waals surface area (Å²) in [6, 6.07) is 14.3. The van der Waals surface area contributed by atoms with Crippen LogP contribution in [0.4, 0.5) is 0 Å². The number of benzene rings is 2. The second-order valence-corrected chi connectivity index (χ2v) is 6.55. The molecule has 0 aliphatic rings. The molecule has 142 valence electrons. The van der Waals surface area contributed by atoms with Crippen LogP contribution in [0.3, 0.4) is 0 Å². The molecule has 0 radical (unpaired) electrons. The number of carbonyl (C=O) groups is 3. The van der Waals surface area contributed by atoms with Crippen LogP contribution in [-0.2, 0) is 16.1 Å². The van der Waals surface area contributed by atoms with Crippen LogP contribution in [-0.4, -0.2) is 30.3 Å². The highest BCUT2D eigenvalue weighted by Gasteiger charge is 2.16. The first kappa shape index (κ1) is 20.2. The van der Waals surface area contributed by atoms with Gasteiger partial charge in [-0.25, -0.2) is 0 Å². The van der Waals surface area contributed by atoms with E-state index in [4.69, 9.17) is 0 Å². The molecule has 0 fully saturated rings. The summed E-state index contributed by atoms with van der Waals surface area (Å²) < 4.78 is 0. The van der Waals surface area contributed by atoms with E-state index < -0.39 is 11.9 Å². The van der Waals surface area contributed by atoms with Gasteiger partial charge >= 0.3 is 0 Å². The molecule has 0 aliphatic heterocycles. The van der Waals surface area contributed by atoms with Crippen molar-refractivity contribution >= 4 is 17.7 Å². The van der Waals surface area contributed by atoms with Gasteiger partial charge in [-0.05, 0) is 38.5 Å². The maximum Gasteiger partial charge on any atom is 0.251 e. The van der Waals surface area contributed by atoms with Gasteiger partial charge in [0, 0.05) is 12.1 Å². The van der Waals surface area contributed by atoms with Crippen LogP contribution in [0.25, 0.3) is 0 Å². The first-order chi connectivity index (χ1) is 12.8. The van der Waals surface area contributed by atoms with Gasteiger partial charge in [0.15, 0.2) is 0 Å². The molecule has 0 spiro atoms. The number of nitrogens with one attached hydrogen (secondary N) is 3. The molecule has 2 aromatic carbocycles. The minimum absolute atomic E-state index is 0.192. The molecule has 3 N–H and O–H groups in total. The number of amides is 3. The van der Waals surface area contributed by atoms with Crippen molar-refractivity contribution in [2.75, 3.05) is 6.54 Å². The molecule has 1 atom stereocenters. The average molecular weight is 367 g/mol. The zero-order valence-electron chi connectivity index (χ0n) is 15.8. The molecule has 3 amide bonds. The van der Waals surface area contributed by atoms with Crippen molar-refractivity contribution in [1.82, 2.24) is 16.0 Å². The maximum atomic E-state index is 12.2. The Morgan fingerprint density at radius 2 is 1.56 bits per heavy atom. The van der Waals surface area contributed by atoms with Crippen LogP contribution in [0.15, 0.2) is 48.5 Å². The third-order valence-electron chi connectivity index (χ3n) is 3.97. The molecular weight excluding hydrogens is 342 g/mol. The molecule has 6 heteroatoms. The summed E-state index contributed by atoms with van der Waals surface area (Å²) in [6.07, 6.45) is 0. The Hall–Kier alpha value is -3.15. The van der Waals surface area contributed by atoms with Crippen molar-refractivity contribution in [2.45, 2.75) is 33.4 Å². The van der Waals surface area contributed by atoms with Gasteiger partial charge in [0.1, 0.15) is 6.04 Å². The smallest absolute Gasteiger partial charge is 0.251 e. The molecule has 0 heterocycles. The van der Waals surface area contributed by atoms with Crippen molar-refractivity contribution in [3.63, 3.8) is 0 Å². The summed E-state index contributed by atoms with van der Waals surface area (Å²) in [5.41, 5.74) is 3.45. The molecule has 27 heavy (non-hydrogen) atoms. The molecule has 2 aromatic rings. The average Bonchev–Trinajstić information content (AvgIpc) is 2.64. The largest absolute Gasteiger partial charge is 0.350 e. The third kappa shape index (κ3) is 6.58. The first-order valence-electron chi connectivity index (χ1n) is 8.82. The lowest BCUT2D eigenvalue weighted by atomic mass is 10.1. The molecule has 0 saturated heterocycles. The van der Waals surface area contributed by atoms with E-state index in [1.165, 1.54) is 0 Å². The standard InChI is InChI=1S/C21H25N3O3/c1-14-9-15(2)11-18(10-14)21(27)23-13-19(25)24-16(3)20(26)22-12-17-7-5-4-6-8-17/h4-11,16H,12-13H2,1-3H3,(H,22,26)(H,23,27)(H,24,25). The highest BCUT2D eigenvalue weighted by atomic mass is 16.2. The Morgan fingerprint density at radius 1 is 0.926 bits per heavy atom. The van der Waals surface area contributed by atoms with Gasteiger partial charge in [-0.2, -0.15) is 0 Å². The monoisotopic (exact) mass is 367 g/mol. The van der Waals surface area contributed by atoms with E-state index in [9.17, 15) is 14.4 Å². The fourth-order valence-electron chi connectivity index (χ4n) is 2.66. The van der Waals surface area contributed by atoms with Crippen LogP contribution in [0.5, 0.6) is 0 Å². The van der Waals surface area contributed by atoms with Crippen LogP contribution in [0, 0.1) is 13.8 Å². The third-order valence-corrected chi connectivity index (χ3v) is 3.97. The van der Waals surface area contributed by atoms with Gasteiger partial charge in [0.25, 0.3) is 5.91 Å². The van der Waals surface area contributed by atoms with Crippen molar-refractivity contribution < 1.29 is 14.4 Å². The second kappa shape index (κ2) is 9.52. The van der Waals surface area contributed by atoms with Crippen molar-refractivity contribution in [2.24, 2.45) is 0 Å². The van der Waals surface area contributed by atoms with E-state index in [0.29, 0.717) is 12.1 Å². The molecule has 1 unspecified atom stereocenters. The minimum atomic E-state index is -0.695. The molecule has 0 saturated carbocycles. The van der Waals surface area contributed by atoms with Gasteiger partial charge in [-0.1, -0.05) is 47.5 Å². The minimum Gasteiger partial charge on any atom is -0.350 e. The van der Waals surface area contributed by atoms with E-state index in [1.54, 1.807) is 19.1 Å². The van der Waals surface area contributed by atoms with Crippen LogP contribution in [0.1, 0.15) is 34.0 Å². The number of carbonyl (C=O) groups excluding carboxylic acids is 3. The van der Waals surface area contributed by atoms with Crippen molar-refractivity contribution in [1.29, 1.82) is 0 Å². The van der Waals surface area contributed by atoms with Gasteiger partial charge in [0.2, 0.25) is 11.8 Å². The fourth-order valence-corrected chi connectivity index (χ4v) is 2.66. The topological polar surface area (TPSA) is 87.3 Å². The Balaban J connectivity index is 1.77. The predicted molar refractivity (Wildman–Crippen MR) is 104 cm³/mol. The van der Waals surface area contributed by atoms with Crippen LogP contribution in [0.2, 0.25) is 0 Å². The highest BCUT2D eigenvalue weighted by molar-refractivity contribution is 5.97. The summed E-state index contributed by atoms with van der Waals surface area (Å²) in [7, 11) is 0. The van der Waals surface area contributed by atoms with Crippen molar-refractivity contribution in [3.05, 3.63) is 70.8 Å². The van der Waals surface area contributed by atoms with E-state index >= 15 is 0 Å². The van der Waals surface area contributed by atoms with E-state index in [1.807, 2.05) is 50.2 Å². The van der Waals surface area contributed by atoms with Gasteiger partial charge in [0.05, 0.1) is 6.54 Å². The highest BCUT2D eigenvalue weighted by Crippen LogP contribution is 2.08.